The lowest BCUT2D eigenvalue weighted by atomic mass is 9.98. The van der Waals surface area contributed by atoms with E-state index in [1.807, 2.05) is 19.9 Å². The molecular weight excluding hydrogens is 185 g/mol. The zero-order valence-corrected chi connectivity index (χ0v) is 9.85. The van der Waals surface area contributed by atoms with Gasteiger partial charge in [-0.2, -0.15) is 0 Å². The third kappa shape index (κ3) is 2.85. The van der Waals surface area contributed by atoms with Gasteiger partial charge in [-0.3, -0.25) is 4.79 Å². The van der Waals surface area contributed by atoms with Gasteiger partial charge in [0.05, 0.1) is 0 Å². The Balaban J connectivity index is 0.00000196. The summed E-state index contributed by atoms with van der Waals surface area (Å²) in [5.41, 5.74) is 4.33. The summed E-state index contributed by atoms with van der Waals surface area (Å²) in [6.45, 7) is 6.15. The zero-order chi connectivity index (χ0) is 10.7. The van der Waals surface area contributed by atoms with E-state index in [1.54, 1.807) is 7.05 Å². The molecule has 1 aromatic carbocycles. The van der Waals surface area contributed by atoms with Crippen LogP contribution >= 0.6 is 0 Å². The summed E-state index contributed by atoms with van der Waals surface area (Å²) in [6, 6.07) is 4.06. The van der Waals surface area contributed by atoms with Crippen molar-refractivity contribution in [2.24, 2.45) is 0 Å². The molecule has 0 atom stereocenters. The van der Waals surface area contributed by atoms with Crippen LogP contribution in [0.4, 0.5) is 0 Å². The maximum Gasteiger partial charge on any atom is 0.251 e. The molecule has 15 heavy (non-hydrogen) atoms. The van der Waals surface area contributed by atoms with Crippen molar-refractivity contribution in [3.63, 3.8) is 0 Å². The molecule has 0 fully saturated rings. The van der Waals surface area contributed by atoms with Crippen LogP contribution < -0.4 is 5.32 Å². The highest BCUT2D eigenvalue weighted by atomic mass is 16.1. The van der Waals surface area contributed by atoms with Crippen LogP contribution in [0.15, 0.2) is 12.1 Å². The molecule has 0 aliphatic rings. The van der Waals surface area contributed by atoms with E-state index in [0.717, 1.165) is 17.5 Å². The van der Waals surface area contributed by atoms with Crippen LogP contribution in [0, 0.1) is 13.8 Å². The van der Waals surface area contributed by atoms with Crippen LogP contribution in [0.3, 0.4) is 0 Å². The van der Waals surface area contributed by atoms with E-state index in [4.69, 9.17) is 0 Å². The molecular formula is C12H17BNO. The summed E-state index contributed by atoms with van der Waals surface area (Å²) in [7, 11) is 1.66. The number of hydrogen-bond donors (Lipinski definition) is 1. The van der Waals surface area contributed by atoms with Crippen LogP contribution in [-0.4, -0.2) is 21.4 Å². The van der Waals surface area contributed by atoms with Crippen molar-refractivity contribution >= 4 is 14.3 Å². The van der Waals surface area contributed by atoms with Crippen molar-refractivity contribution in [3.05, 3.63) is 34.4 Å². The molecule has 2 nitrogen and oxygen atoms in total. The number of benzene rings is 1. The molecule has 0 bridgehead atoms. The van der Waals surface area contributed by atoms with Crippen LogP contribution in [0.5, 0.6) is 0 Å². The predicted octanol–water partition coefficient (Wildman–Crippen LogP) is 1.84. The molecule has 1 rings (SSSR count). The van der Waals surface area contributed by atoms with E-state index >= 15 is 0 Å². The number of carbonyl (C=O) groups is 1. The van der Waals surface area contributed by atoms with Crippen LogP contribution in [0.1, 0.15) is 34.0 Å². The molecule has 3 radical (unpaired) electrons. The van der Waals surface area contributed by atoms with E-state index in [9.17, 15) is 4.79 Å². The minimum Gasteiger partial charge on any atom is -0.355 e. The third-order valence-corrected chi connectivity index (χ3v) is 2.54. The number of nitrogens with one attached hydrogen (secondary N) is 1. The molecule has 1 N–H and O–H groups in total. The summed E-state index contributed by atoms with van der Waals surface area (Å²) in [5, 5.41) is 2.65. The van der Waals surface area contributed by atoms with Crippen molar-refractivity contribution in [2.45, 2.75) is 27.2 Å². The van der Waals surface area contributed by atoms with Gasteiger partial charge in [0, 0.05) is 21.0 Å². The maximum absolute atomic E-state index is 11.5. The van der Waals surface area contributed by atoms with E-state index < -0.39 is 0 Å². The van der Waals surface area contributed by atoms with Gasteiger partial charge in [-0.15, -0.1) is 0 Å². The Morgan fingerprint density at radius 3 is 2.33 bits per heavy atom. The second-order valence-electron chi connectivity index (χ2n) is 3.53. The summed E-state index contributed by atoms with van der Waals surface area (Å²) in [4.78, 5) is 11.5. The Bertz CT molecular complexity index is 361. The first kappa shape index (κ1) is 13.8. The van der Waals surface area contributed by atoms with Crippen molar-refractivity contribution in [1.29, 1.82) is 0 Å². The fraction of sp³-hybridized carbons (Fsp3) is 0.417. The highest BCUT2D eigenvalue weighted by Crippen LogP contribution is 2.16. The minimum absolute atomic E-state index is 0. The Morgan fingerprint density at radius 2 is 1.87 bits per heavy atom. The second kappa shape index (κ2) is 5.59. The fourth-order valence-corrected chi connectivity index (χ4v) is 1.64. The van der Waals surface area contributed by atoms with E-state index in [2.05, 4.69) is 18.3 Å². The van der Waals surface area contributed by atoms with E-state index in [-0.39, 0.29) is 14.3 Å². The largest absolute Gasteiger partial charge is 0.355 e. The van der Waals surface area contributed by atoms with Gasteiger partial charge in [0.25, 0.3) is 5.91 Å². The van der Waals surface area contributed by atoms with Gasteiger partial charge < -0.3 is 5.32 Å². The normalized spacial score (nSPS) is 9.33. The third-order valence-electron chi connectivity index (χ3n) is 2.54. The van der Waals surface area contributed by atoms with Crippen molar-refractivity contribution in [2.75, 3.05) is 7.05 Å². The topological polar surface area (TPSA) is 29.1 Å². The zero-order valence-electron chi connectivity index (χ0n) is 9.85. The number of carbonyl (C=O) groups excluding carboxylic acids is 1. The molecule has 3 heteroatoms. The summed E-state index contributed by atoms with van der Waals surface area (Å²) in [5.74, 6) is -0.00625. The van der Waals surface area contributed by atoms with E-state index in [1.165, 1.54) is 11.1 Å². The van der Waals surface area contributed by atoms with Gasteiger partial charge in [0.2, 0.25) is 0 Å². The molecule has 0 aliphatic heterocycles. The average molecular weight is 202 g/mol. The number of aryl methyl sites for hydroxylation is 3. The summed E-state index contributed by atoms with van der Waals surface area (Å²) >= 11 is 0. The highest BCUT2D eigenvalue weighted by molar-refractivity contribution is 5.95. The minimum atomic E-state index is -0.00625. The monoisotopic (exact) mass is 202 g/mol. The van der Waals surface area contributed by atoms with Crippen molar-refractivity contribution in [3.8, 4) is 0 Å². The molecule has 0 unspecified atom stereocenters. The molecule has 0 aromatic heterocycles. The molecule has 79 valence electrons. The molecule has 0 heterocycles. The SMILES string of the molecule is CCc1cc(C)c(C(=O)NC)cc1C.[B]. The van der Waals surface area contributed by atoms with Gasteiger partial charge >= 0.3 is 0 Å². The lowest BCUT2D eigenvalue weighted by Gasteiger charge is -2.09. The summed E-state index contributed by atoms with van der Waals surface area (Å²) in [6.07, 6.45) is 1.01. The molecule has 0 spiro atoms. The Hall–Kier alpha value is -1.25. The number of rotatable bonds is 2. The first-order valence-corrected chi connectivity index (χ1v) is 4.92. The van der Waals surface area contributed by atoms with Crippen LogP contribution in [-0.2, 0) is 6.42 Å². The molecule has 0 aliphatic carbocycles. The summed E-state index contributed by atoms with van der Waals surface area (Å²) < 4.78 is 0. The maximum atomic E-state index is 11.5. The average Bonchev–Trinajstić information content (AvgIpc) is 2.19. The van der Waals surface area contributed by atoms with Crippen LogP contribution in [0.25, 0.3) is 0 Å². The number of amides is 1. The van der Waals surface area contributed by atoms with Crippen LogP contribution in [0.2, 0.25) is 0 Å². The molecule has 0 saturated carbocycles. The second-order valence-corrected chi connectivity index (χ2v) is 3.53. The van der Waals surface area contributed by atoms with Gasteiger partial charge in [-0.25, -0.2) is 0 Å². The molecule has 0 saturated heterocycles. The predicted molar refractivity (Wildman–Crippen MR) is 64.4 cm³/mol. The van der Waals surface area contributed by atoms with Crippen molar-refractivity contribution < 1.29 is 4.79 Å². The first-order chi connectivity index (χ1) is 6.60. The fourth-order valence-electron chi connectivity index (χ4n) is 1.64. The Labute approximate surface area is 93.7 Å². The van der Waals surface area contributed by atoms with Crippen molar-refractivity contribution in [1.82, 2.24) is 5.32 Å². The first-order valence-electron chi connectivity index (χ1n) is 4.92. The number of hydrogen-bond acceptors (Lipinski definition) is 1. The van der Waals surface area contributed by atoms with Gasteiger partial charge in [-0.1, -0.05) is 13.0 Å². The Kier molecular flexibility index (Phi) is 5.13. The molecule has 1 aromatic rings. The quantitative estimate of drug-likeness (QED) is 0.728. The van der Waals surface area contributed by atoms with Gasteiger partial charge in [0.1, 0.15) is 0 Å². The lowest BCUT2D eigenvalue weighted by molar-refractivity contribution is 0.0962. The van der Waals surface area contributed by atoms with Gasteiger partial charge in [0.15, 0.2) is 0 Å². The highest BCUT2D eigenvalue weighted by Gasteiger charge is 2.08. The van der Waals surface area contributed by atoms with E-state index in [0.29, 0.717) is 0 Å². The standard InChI is InChI=1S/C12H17NO.B/c1-5-10-6-9(3)11(7-8(10)2)12(14)13-4;/h6-7H,5H2,1-4H3,(H,13,14);. The van der Waals surface area contributed by atoms with Gasteiger partial charge in [-0.05, 0) is 43.0 Å². The smallest absolute Gasteiger partial charge is 0.251 e. The molecule has 1 amide bonds. The Morgan fingerprint density at radius 1 is 1.27 bits per heavy atom. The lowest BCUT2D eigenvalue weighted by Crippen LogP contribution is -2.19.